The summed E-state index contributed by atoms with van der Waals surface area (Å²) in [5.74, 6) is -21.5. The maximum Gasteiger partial charge on any atom is 0.449 e. The summed E-state index contributed by atoms with van der Waals surface area (Å²) in [5, 5.41) is 9.65. The highest BCUT2D eigenvalue weighted by molar-refractivity contribution is 5.73. The lowest BCUT2D eigenvalue weighted by Crippen LogP contribution is -2.87. The summed E-state index contributed by atoms with van der Waals surface area (Å²) in [6.07, 6.45) is -17.2. The van der Waals surface area contributed by atoms with E-state index in [4.69, 9.17) is 0 Å². The fraction of sp³-hybridized carbons (Fsp3) is 0.938. The molecule has 30 heavy (non-hydrogen) atoms. The molecule has 1 fully saturated rings. The van der Waals surface area contributed by atoms with Gasteiger partial charge >= 0.3 is 36.0 Å². The summed E-state index contributed by atoms with van der Waals surface area (Å²) in [5.41, 5.74) is -10.3. The van der Waals surface area contributed by atoms with Crippen molar-refractivity contribution < 1.29 is 63.3 Å². The molecule has 0 aliphatic carbocycles. The Labute approximate surface area is 164 Å². The second-order valence-corrected chi connectivity index (χ2v) is 6.98. The molecule has 1 rings (SSSR count). The number of hydrogen-bond acceptors (Lipinski definition) is 4. The molecule has 0 aromatic carbocycles. The van der Waals surface area contributed by atoms with Gasteiger partial charge in [0.15, 0.2) is 0 Å². The number of aliphatic hydroxyl groups is 1. The monoisotopic (exact) mass is 466 g/mol. The molecule has 1 N–H and O–H groups in total. The molecule has 0 radical (unpaired) electrons. The van der Waals surface area contributed by atoms with Gasteiger partial charge < -0.3 is 14.6 Å². The van der Waals surface area contributed by atoms with Crippen molar-refractivity contribution in [2.45, 2.75) is 88.1 Å². The Morgan fingerprint density at radius 3 is 1.70 bits per heavy atom. The van der Waals surface area contributed by atoms with Gasteiger partial charge in [0.25, 0.3) is 0 Å². The Kier molecular flexibility index (Phi) is 6.58. The first-order valence-electron chi connectivity index (χ1n) is 8.74. The van der Waals surface area contributed by atoms with Crippen LogP contribution in [0.3, 0.4) is 0 Å². The number of alkyl halides is 10. The summed E-state index contributed by atoms with van der Waals surface area (Å²) in [6.45, 7) is 2.93. The van der Waals surface area contributed by atoms with Gasteiger partial charge in [0.2, 0.25) is 11.2 Å². The van der Waals surface area contributed by atoms with Crippen LogP contribution in [0.1, 0.15) is 47.0 Å². The summed E-state index contributed by atoms with van der Waals surface area (Å²) in [6, 6.07) is 0. The van der Waals surface area contributed by atoms with Crippen molar-refractivity contribution in [3.63, 3.8) is 0 Å². The second-order valence-electron chi connectivity index (χ2n) is 6.98. The van der Waals surface area contributed by atoms with E-state index in [1.807, 2.05) is 0 Å². The van der Waals surface area contributed by atoms with E-state index < -0.39 is 65.9 Å². The Morgan fingerprint density at radius 1 is 0.933 bits per heavy atom. The van der Waals surface area contributed by atoms with Gasteiger partial charge in [0, 0.05) is 0 Å². The highest BCUT2D eigenvalue weighted by Gasteiger charge is 2.96. The Balaban J connectivity index is 4.08. The predicted octanol–water partition coefficient (Wildman–Crippen LogP) is 4.99. The van der Waals surface area contributed by atoms with Crippen LogP contribution in [0.2, 0.25) is 0 Å². The third kappa shape index (κ3) is 3.07. The maximum absolute atomic E-state index is 15.2. The largest absolute Gasteiger partial charge is 0.449 e. The summed E-state index contributed by atoms with van der Waals surface area (Å²) in [4.78, 5) is 12.0. The molecule has 4 atom stereocenters. The molecule has 1 heterocycles. The molecule has 4 unspecified atom stereocenters. The van der Waals surface area contributed by atoms with Crippen molar-refractivity contribution >= 4 is 5.97 Å². The molecule has 0 aromatic rings. The van der Waals surface area contributed by atoms with Crippen molar-refractivity contribution in [3.8, 4) is 0 Å². The fourth-order valence-electron chi connectivity index (χ4n) is 3.23. The number of carbonyl (C=O) groups excluding carboxylic acids is 1. The minimum absolute atomic E-state index is 0.214. The fourth-order valence-corrected chi connectivity index (χ4v) is 3.23. The zero-order valence-electron chi connectivity index (χ0n) is 16.2. The van der Waals surface area contributed by atoms with Gasteiger partial charge in [-0.15, -0.1) is 0 Å². The first-order valence-corrected chi connectivity index (χ1v) is 8.74. The molecule has 1 aliphatic rings. The molecule has 0 spiro atoms. The third-order valence-corrected chi connectivity index (χ3v) is 5.40. The first kappa shape index (κ1) is 26.7. The molecule has 178 valence electrons. The third-order valence-electron chi connectivity index (χ3n) is 5.40. The maximum atomic E-state index is 15.2. The quantitative estimate of drug-likeness (QED) is 0.459. The lowest BCUT2D eigenvalue weighted by atomic mass is 9.69. The van der Waals surface area contributed by atoms with E-state index in [-0.39, 0.29) is 6.42 Å². The van der Waals surface area contributed by atoms with Crippen LogP contribution in [-0.2, 0) is 14.3 Å². The minimum Gasteiger partial charge on any atom is -0.445 e. The molecule has 0 saturated carbocycles. The van der Waals surface area contributed by atoms with Crippen molar-refractivity contribution in [2.24, 2.45) is 5.92 Å². The van der Waals surface area contributed by atoms with Gasteiger partial charge in [0.1, 0.15) is 0 Å². The second kappa shape index (κ2) is 7.38. The highest BCUT2D eigenvalue weighted by atomic mass is 19.4. The molecule has 1 aliphatic heterocycles. The smallest absolute Gasteiger partial charge is 0.445 e. The van der Waals surface area contributed by atoms with Crippen LogP contribution in [0.5, 0.6) is 0 Å². The zero-order valence-corrected chi connectivity index (χ0v) is 16.2. The van der Waals surface area contributed by atoms with Crippen LogP contribution in [0.4, 0.5) is 43.9 Å². The zero-order chi connectivity index (χ0) is 24.2. The molecular weight excluding hydrogens is 446 g/mol. The van der Waals surface area contributed by atoms with E-state index >= 15 is 8.78 Å². The normalized spacial score (nSPS) is 35.0. The van der Waals surface area contributed by atoms with E-state index in [0.717, 1.165) is 6.92 Å². The van der Waals surface area contributed by atoms with Gasteiger partial charge in [-0.1, -0.05) is 27.7 Å². The van der Waals surface area contributed by atoms with Crippen LogP contribution >= 0.6 is 0 Å². The molecule has 0 aromatic heterocycles. The standard InChI is InChI=1S/C16H20F10O4/c1-5-8(4)9(27)29-10(6-2)12(17,18)11(7-3,15(21,22)23)30-14(28,13(10,19)20)16(24,25)26/h8,28H,5-7H2,1-4H3. The topological polar surface area (TPSA) is 55.8 Å². The van der Waals surface area contributed by atoms with Crippen LogP contribution in [0.15, 0.2) is 0 Å². The van der Waals surface area contributed by atoms with Gasteiger partial charge in [-0.05, 0) is 19.3 Å². The molecule has 4 nitrogen and oxygen atoms in total. The predicted molar refractivity (Wildman–Crippen MR) is 79.6 cm³/mol. The van der Waals surface area contributed by atoms with Crippen LogP contribution < -0.4 is 0 Å². The number of carbonyl (C=O) groups is 1. The Hall–Kier alpha value is -1.31. The van der Waals surface area contributed by atoms with Crippen LogP contribution in [0, 0.1) is 5.92 Å². The van der Waals surface area contributed by atoms with E-state index in [9.17, 15) is 45.0 Å². The van der Waals surface area contributed by atoms with E-state index in [2.05, 4.69) is 9.47 Å². The number of rotatable bonds is 5. The van der Waals surface area contributed by atoms with Crippen molar-refractivity contribution in [3.05, 3.63) is 0 Å². The van der Waals surface area contributed by atoms with Crippen LogP contribution in [-0.4, -0.2) is 52.3 Å². The molecule has 1 saturated heterocycles. The van der Waals surface area contributed by atoms with Gasteiger partial charge in [0.05, 0.1) is 5.92 Å². The summed E-state index contributed by atoms with van der Waals surface area (Å²) in [7, 11) is 0. The average molecular weight is 466 g/mol. The number of hydrogen-bond donors (Lipinski definition) is 1. The SMILES string of the molecule is CCC(C)C(=O)OC1(CC)C(F)(F)C(O)(C(F)(F)F)OC(CC)(C(F)(F)F)C1(F)F. The van der Waals surface area contributed by atoms with Crippen molar-refractivity contribution in [2.75, 3.05) is 0 Å². The summed E-state index contributed by atoms with van der Waals surface area (Å²) >= 11 is 0. The number of esters is 1. The van der Waals surface area contributed by atoms with Crippen LogP contribution in [0.25, 0.3) is 0 Å². The van der Waals surface area contributed by atoms with Crippen molar-refractivity contribution in [1.82, 2.24) is 0 Å². The summed E-state index contributed by atoms with van der Waals surface area (Å²) < 4.78 is 149. The number of ether oxygens (including phenoxy) is 2. The molecule has 0 amide bonds. The number of halogens is 10. The lowest BCUT2D eigenvalue weighted by Gasteiger charge is -2.60. The Bertz CT molecular complexity index is 661. The van der Waals surface area contributed by atoms with E-state index in [0.29, 0.717) is 13.8 Å². The van der Waals surface area contributed by atoms with Crippen molar-refractivity contribution in [1.29, 1.82) is 0 Å². The van der Waals surface area contributed by atoms with E-state index in [1.165, 1.54) is 6.92 Å². The highest BCUT2D eigenvalue weighted by Crippen LogP contribution is 2.67. The van der Waals surface area contributed by atoms with Gasteiger partial charge in [-0.3, -0.25) is 4.79 Å². The Morgan fingerprint density at radius 2 is 1.40 bits per heavy atom. The molecular formula is C16H20F10O4. The van der Waals surface area contributed by atoms with E-state index in [1.54, 1.807) is 0 Å². The molecule has 0 bridgehead atoms. The van der Waals surface area contributed by atoms with Gasteiger partial charge in [-0.2, -0.15) is 43.9 Å². The lowest BCUT2D eigenvalue weighted by molar-refractivity contribution is -0.558. The minimum atomic E-state index is -6.68. The average Bonchev–Trinajstić information content (AvgIpc) is 2.59. The molecule has 14 heteroatoms. The first-order chi connectivity index (χ1) is 13.2. The van der Waals surface area contributed by atoms with Gasteiger partial charge in [-0.25, -0.2) is 0 Å².